The fourth-order valence-corrected chi connectivity index (χ4v) is 5.66. The second-order valence-electron chi connectivity index (χ2n) is 7.33. The van der Waals surface area contributed by atoms with Crippen LogP contribution in [0.2, 0.25) is 10.0 Å². The van der Waals surface area contributed by atoms with E-state index in [2.05, 4.69) is 4.98 Å². The highest BCUT2D eigenvalue weighted by atomic mass is 35.5. The van der Waals surface area contributed by atoms with Gasteiger partial charge in [0, 0.05) is 27.8 Å². The zero-order valence-corrected chi connectivity index (χ0v) is 20.4. The first-order valence-corrected chi connectivity index (χ1v) is 12.2. The summed E-state index contributed by atoms with van der Waals surface area (Å²) in [5, 5.41) is 10.2. The molecule has 0 unspecified atom stereocenters. The van der Waals surface area contributed by atoms with E-state index >= 15 is 0 Å². The number of aliphatic carboxylic acids is 1. The molecule has 0 aliphatic carbocycles. The summed E-state index contributed by atoms with van der Waals surface area (Å²) in [6.45, 7) is -0.818. The minimum Gasteiger partial charge on any atom is -0.480 e. The van der Waals surface area contributed by atoms with Crippen LogP contribution >= 0.6 is 23.2 Å². The molecule has 0 atom stereocenters. The first kappa shape index (κ1) is 24.5. The zero-order valence-electron chi connectivity index (χ0n) is 18.1. The molecule has 2 heterocycles. The zero-order chi connectivity index (χ0) is 25.3. The minimum absolute atomic E-state index is 0.0977. The summed E-state index contributed by atoms with van der Waals surface area (Å²) in [6, 6.07) is 13.2. The van der Waals surface area contributed by atoms with E-state index in [1.54, 1.807) is 35.0 Å². The second-order valence-corrected chi connectivity index (χ2v) is 10.1. The Bertz CT molecular complexity index is 1550. The first-order valence-electron chi connectivity index (χ1n) is 9.96. The van der Waals surface area contributed by atoms with Gasteiger partial charge in [0.25, 0.3) is 10.0 Å². The molecule has 180 valence electrons. The summed E-state index contributed by atoms with van der Waals surface area (Å²) < 4.78 is 33.9. The van der Waals surface area contributed by atoms with Crippen LogP contribution < -0.4 is 4.31 Å². The number of hydrogen-bond donors (Lipinski definition) is 1. The Morgan fingerprint density at radius 1 is 1.06 bits per heavy atom. The standard InChI is InChI=1S/C23H17Cl2N3O6S/c1-34-23(31)15-4-6-26-21(9-15)27-7-5-14-8-18(2-3-20(14)27)28(13-22(29)30)35(32,33)19-11-16(24)10-17(25)12-19/h2-12H,13H2,1H3,(H,29,30). The van der Waals surface area contributed by atoms with Gasteiger partial charge in [0.15, 0.2) is 0 Å². The second kappa shape index (κ2) is 9.57. The van der Waals surface area contributed by atoms with Gasteiger partial charge in [0.2, 0.25) is 0 Å². The van der Waals surface area contributed by atoms with Crippen molar-refractivity contribution in [3.8, 4) is 5.82 Å². The van der Waals surface area contributed by atoms with Gasteiger partial charge in [0.05, 0.1) is 28.8 Å². The highest BCUT2D eigenvalue weighted by Crippen LogP contribution is 2.31. The molecule has 0 saturated heterocycles. The number of esters is 1. The van der Waals surface area contributed by atoms with E-state index < -0.39 is 28.5 Å². The normalized spacial score (nSPS) is 11.4. The lowest BCUT2D eigenvalue weighted by Gasteiger charge is -2.23. The molecule has 0 amide bonds. The summed E-state index contributed by atoms with van der Waals surface area (Å²) in [4.78, 5) is 27.5. The number of carboxylic acid groups (broad SMARTS) is 1. The molecule has 0 spiro atoms. The van der Waals surface area contributed by atoms with E-state index in [-0.39, 0.29) is 20.6 Å². The SMILES string of the molecule is COC(=O)c1ccnc(-n2ccc3cc(N(CC(=O)O)S(=O)(=O)c4cc(Cl)cc(Cl)c4)ccc32)c1. The van der Waals surface area contributed by atoms with Gasteiger partial charge in [-0.1, -0.05) is 23.2 Å². The summed E-state index contributed by atoms with van der Waals surface area (Å²) in [6.07, 6.45) is 3.17. The van der Waals surface area contributed by atoms with Gasteiger partial charge in [-0.15, -0.1) is 0 Å². The van der Waals surface area contributed by atoms with E-state index in [9.17, 15) is 23.1 Å². The average Bonchev–Trinajstić information content (AvgIpc) is 3.24. The summed E-state index contributed by atoms with van der Waals surface area (Å²) >= 11 is 11.9. The molecule has 0 bridgehead atoms. The van der Waals surface area contributed by atoms with Gasteiger partial charge >= 0.3 is 11.9 Å². The Hall–Kier alpha value is -3.60. The van der Waals surface area contributed by atoms with Crippen molar-refractivity contribution in [2.45, 2.75) is 4.90 Å². The third-order valence-corrected chi connectivity index (χ3v) is 7.27. The smallest absolute Gasteiger partial charge is 0.338 e. The predicted octanol–water partition coefficient (Wildman–Crippen LogP) is 4.40. The van der Waals surface area contributed by atoms with E-state index in [1.807, 2.05) is 0 Å². The van der Waals surface area contributed by atoms with Gasteiger partial charge in [-0.3, -0.25) is 9.10 Å². The van der Waals surface area contributed by atoms with E-state index in [0.29, 0.717) is 22.3 Å². The molecule has 4 rings (SSSR count). The maximum atomic E-state index is 13.4. The van der Waals surface area contributed by atoms with Gasteiger partial charge in [-0.25, -0.2) is 18.2 Å². The summed E-state index contributed by atoms with van der Waals surface area (Å²) in [5.74, 6) is -1.41. The molecule has 0 saturated carbocycles. The number of carbonyl (C=O) groups excluding carboxylic acids is 1. The first-order chi connectivity index (χ1) is 16.6. The molecular formula is C23H17Cl2N3O6S. The van der Waals surface area contributed by atoms with Crippen molar-refractivity contribution >= 4 is 61.8 Å². The van der Waals surface area contributed by atoms with Crippen molar-refractivity contribution in [2.75, 3.05) is 18.0 Å². The van der Waals surface area contributed by atoms with Crippen LogP contribution in [0.5, 0.6) is 0 Å². The quantitative estimate of drug-likeness (QED) is 0.349. The lowest BCUT2D eigenvalue weighted by Crippen LogP contribution is -2.35. The molecule has 2 aromatic heterocycles. The largest absolute Gasteiger partial charge is 0.480 e. The van der Waals surface area contributed by atoms with Crippen molar-refractivity contribution in [3.05, 3.63) is 82.6 Å². The average molecular weight is 534 g/mol. The molecule has 2 aromatic carbocycles. The third-order valence-electron chi connectivity index (χ3n) is 5.08. The Morgan fingerprint density at radius 2 is 1.77 bits per heavy atom. The lowest BCUT2D eigenvalue weighted by atomic mass is 10.2. The number of nitrogens with zero attached hydrogens (tertiary/aromatic N) is 3. The summed E-state index contributed by atoms with van der Waals surface area (Å²) in [5.41, 5.74) is 1.10. The molecule has 0 aliphatic rings. The fraction of sp³-hybridized carbons (Fsp3) is 0.0870. The molecule has 9 nitrogen and oxygen atoms in total. The molecule has 35 heavy (non-hydrogen) atoms. The van der Waals surface area contributed by atoms with Crippen molar-refractivity contribution in [3.63, 3.8) is 0 Å². The minimum atomic E-state index is -4.31. The topological polar surface area (TPSA) is 119 Å². The lowest BCUT2D eigenvalue weighted by molar-refractivity contribution is -0.135. The van der Waals surface area contributed by atoms with Crippen LogP contribution in [-0.4, -0.2) is 48.7 Å². The number of pyridine rings is 1. The van der Waals surface area contributed by atoms with Crippen molar-refractivity contribution in [1.82, 2.24) is 9.55 Å². The molecule has 1 N–H and O–H groups in total. The van der Waals surface area contributed by atoms with Crippen LogP contribution in [0.15, 0.2) is 71.9 Å². The van der Waals surface area contributed by atoms with Crippen LogP contribution in [0, 0.1) is 0 Å². The Kier molecular flexibility index (Phi) is 6.70. The van der Waals surface area contributed by atoms with Crippen LogP contribution in [0.4, 0.5) is 5.69 Å². The van der Waals surface area contributed by atoms with Crippen molar-refractivity contribution in [2.24, 2.45) is 0 Å². The number of methoxy groups -OCH3 is 1. The number of halogens is 2. The number of aromatic nitrogens is 2. The van der Waals surface area contributed by atoms with Crippen molar-refractivity contribution in [1.29, 1.82) is 0 Å². The Balaban J connectivity index is 1.79. The van der Waals surface area contributed by atoms with E-state index in [0.717, 1.165) is 4.31 Å². The number of sulfonamides is 1. The number of carbonyl (C=O) groups is 2. The number of ether oxygens (including phenoxy) is 1. The Morgan fingerprint density at radius 3 is 2.43 bits per heavy atom. The molecule has 0 fully saturated rings. The number of fused-ring (bicyclic) bond motifs is 1. The molecular weight excluding hydrogens is 517 g/mol. The van der Waals surface area contributed by atoms with Gasteiger partial charge < -0.3 is 14.4 Å². The van der Waals surface area contributed by atoms with Crippen LogP contribution in [0.3, 0.4) is 0 Å². The maximum Gasteiger partial charge on any atom is 0.338 e. The predicted molar refractivity (Wildman–Crippen MR) is 131 cm³/mol. The van der Waals surface area contributed by atoms with Crippen molar-refractivity contribution < 1.29 is 27.9 Å². The number of hydrogen-bond acceptors (Lipinski definition) is 6. The molecule has 12 heteroatoms. The van der Waals surface area contributed by atoms with Gasteiger partial charge in [0.1, 0.15) is 12.4 Å². The number of benzene rings is 2. The maximum absolute atomic E-state index is 13.4. The number of rotatable bonds is 7. The monoisotopic (exact) mass is 533 g/mol. The molecule has 0 aliphatic heterocycles. The number of anilines is 1. The van der Waals surface area contributed by atoms with Gasteiger partial charge in [-0.05, 0) is 54.6 Å². The molecule has 0 radical (unpaired) electrons. The number of carboxylic acids is 1. The fourth-order valence-electron chi connectivity index (χ4n) is 3.52. The van der Waals surface area contributed by atoms with Crippen LogP contribution in [-0.2, 0) is 19.6 Å². The van der Waals surface area contributed by atoms with Crippen LogP contribution in [0.25, 0.3) is 16.7 Å². The third kappa shape index (κ3) is 4.95. The molecule has 4 aromatic rings. The van der Waals surface area contributed by atoms with Crippen LogP contribution in [0.1, 0.15) is 10.4 Å². The highest BCUT2D eigenvalue weighted by Gasteiger charge is 2.28. The highest BCUT2D eigenvalue weighted by molar-refractivity contribution is 7.92. The van der Waals surface area contributed by atoms with Gasteiger partial charge in [-0.2, -0.15) is 0 Å². The summed E-state index contributed by atoms with van der Waals surface area (Å²) in [7, 11) is -3.03. The van der Waals surface area contributed by atoms with E-state index in [1.165, 1.54) is 43.6 Å². The van der Waals surface area contributed by atoms with E-state index in [4.69, 9.17) is 27.9 Å². The Labute approximate surface area is 210 Å².